The number of carbonyl (C=O) groups is 1. The summed E-state index contributed by atoms with van der Waals surface area (Å²) in [6.07, 6.45) is -0.311. The van der Waals surface area contributed by atoms with E-state index in [1.807, 2.05) is 20.8 Å². The normalized spacial score (nSPS) is 15.0. The van der Waals surface area contributed by atoms with Crippen molar-refractivity contribution in [2.24, 2.45) is 5.92 Å². The maximum Gasteiger partial charge on any atom is 0.410 e. The Balaban J connectivity index is 1.90. The predicted molar refractivity (Wildman–Crippen MR) is 79.6 cm³/mol. The van der Waals surface area contributed by atoms with Crippen molar-refractivity contribution in [1.29, 1.82) is 0 Å². The number of ether oxygens (including phenoxy) is 1. The number of carbonyl (C=O) groups excluding carboxylic acids is 1. The molecule has 0 spiro atoms. The molecule has 0 aromatic carbocycles. The molecule has 2 heterocycles. The highest BCUT2D eigenvalue weighted by atomic mass is 35.5. The van der Waals surface area contributed by atoms with E-state index in [0.29, 0.717) is 18.7 Å². The molecule has 6 nitrogen and oxygen atoms in total. The number of hydrogen-bond donors (Lipinski definition) is 1. The van der Waals surface area contributed by atoms with Crippen LogP contribution >= 0.6 is 11.6 Å². The van der Waals surface area contributed by atoms with Crippen LogP contribution < -0.4 is 5.73 Å². The number of likely N-dealkylation sites (tertiary alicyclic amines) is 1. The van der Waals surface area contributed by atoms with Gasteiger partial charge in [0.15, 0.2) is 11.0 Å². The smallest absolute Gasteiger partial charge is 0.410 e. The first-order chi connectivity index (χ1) is 9.74. The molecule has 0 aliphatic carbocycles. The number of anilines is 1. The molecule has 0 bridgehead atoms. The van der Waals surface area contributed by atoms with E-state index in [-0.39, 0.29) is 23.0 Å². The number of halogens is 1. The molecule has 1 aromatic rings. The van der Waals surface area contributed by atoms with Gasteiger partial charge in [0.25, 0.3) is 0 Å². The van der Waals surface area contributed by atoms with Crippen molar-refractivity contribution in [3.63, 3.8) is 0 Å². The second-order valence-electron chi connectivity index (χ2n) is 5.82. The second kappa shape index (κ2) is 5.78. The Kier molecular flexibility index (Phi) is 4.24. The van der Waals surface area contributed by atoms with Crippen molar-refractivity contribution in [3.8, 4) is 11.8 Å². The Morgan fingerprint density at radius 1 is 1.48 bits per heavy atom. The van der Waals surface area contributed by atoms with E-state index in [4.69, 9.17) is 22.1 Å². The molecule has 0 saturated carbocycles. The average Bonchev–Trinajstić information content (AvgIpc) is 2.29. The molecule has 2 N–H and O–H groups in total. The number of aromatic nitrogens is 2. The number of amides is 1. The third kappa shape index (κ3) is 4.23. The summed E-state index contributed by atoms with van der Waals surface area (Å²) in [6, 6.07) is 1.57. The quantitative estimate of drug-likeness (QED) is 0.741. The molecule has 1 saturated heterocycles. The fourth-order valence-corrected chi connectivity index (χ4v) is 1.85. The summed E-state index contributed by atoms with van der Waals surface area (Å²) in [5.74, 6) is 6.31. The van der Waals surface area contributed by atoms with E-state index in [9.17, 15) is 4.79 Å². The van der Waals surface area contributed by atoms with Crippen LogP contribution in [0.15, 0.2) is 6.07 Å². The summed E-state index contributed by atoms with van der Waals surface area (Å²) in [7, 11) is 0. The number of nitrogens with zero attached hydrogens (tertiary/aromatic N) is 3. The third-order valence-corrected chi connectivity index (χ3v) is 2.92. The van der Waals surface area contributed by atoms with Crippen LogP contribution in [0.3, 0.4) is 0 Å². The van der Waals surface area contributed by atoms with Gasteiger partial charge >= 0.3 is 6.09 Å². The summed E-state index contributed by atoms with van der Waals surface area (Å²) in [4.78, 5) is 13.4. The van der Waals surface area contributed by atoms with Gasteiger partial charge in [-0.25, -0.2) is 4.79 Å². The molecular weight excluding hydrogens is 292 g/mol. The molecular formula is C14H17ClN4O2. The molecule has 1 aliphatic rings. The summed E-state index contributed by atoms with van der Waals surface area (Å²) >= 11 is 5.74. The van der Waals surface area contributed by atoms with E-state index < -0.39 is 5.60 Å². The predicted octanol–water partition coefficient (Wildman–Crippen LogP) is 1.93. The van der Waals surface area contributed by atoms with E-state index in [2.05, 4.69) is 22.0 Å². The van der Waals surface area contributed by atoms with Gasteiger partial charge in [0.05, 0.1) is 11.5 Å². The summed E-state index contributed by atoms with van der Waals surface area (Å²) in [6.45, 7) is 6.61. The number of rotatable bonds is 0. The second-order valence-corrected chi connectivity index (χ2v) is 6.20. The van der Waals surface area contributed by atoms with Gasteiger partial charge in [-0.05, 0) is 26.8 Å². The van der Waals surface area contributed by atoms with E-state index in [1.54, 1.807) is 11.0 Å². The highest BCUT2D eigenvalue weighted by molar-refractivity contribution is 6.29. The molecule has 2 rings (SSSR count). The first-order valence-corrected chi connectivity index (χ1v) is 6.90. The molecule has 112 valence electrons. The molecule has 0 radical (unpaired) electrons. The Morgan fingerprint density at radius 3 is 2.76 bits per heavy atom. The maximum absolute atomic E-state index is 11.8. The zero-order valence-electron chi connectivity index (χ0n) is 12.2. The molecule has 0 unspecified atom stereocenters. The van der Waals surface area contributed by atoms with Gasteiger partial charge in [-0.3, -0.25) is 0 Å². The van der Waals surface area contributed by atoms with Gasteiger partial charge in [-0.2, -0.15) is 0 Å². The van der Waals surface area contributed by atoms with Crippen molar-refractivity contribution < 1.29 is 9.53 Å². The minimum Gasteiger partial charge on any atom is -0.444 e. The average molecular weight is 309 g/mol. The molecule has 1 amide bonds. The first kappa shape index (κ1) is 15.4. The van der Waals surface area contributed by atoms with Gasteiger partial charge in [0, 0.05) is 13.1 Å². The van der Waals surface area contributed by atoms with Crippen LogP contribution in [0, 0.1) is 17.8 Å². The number of hydrogen-bond acceptors (Lipinski definition) is 5. The van der Waals surface area contributed by atoms with Gasteiger partial charge in [0.2, 0.25) is 0 Å². The molecule has 1 aliphatic heterocycles. The van der Waals surface area contributed by atoms with E-state index in [1.165, 1.54) is 0 Å². The van der Waals surface area contributed by atoms with E-state index in [0.717, 1.165) is 0 Å². The lowest BCUT2D eigenvalue weighted by atomic mass is 10.0. The van der Waals surface area contributed by atoms with Gasteiger partial charge in [-0.1, -0.05) is 23.4 Å². The number of nitrogen functional groups attached to an aromatic ring is 1. The lowest BCUT2D eigenvalue weighted by molar-refractivity contribution is 0.00592. The minimum atomic E-state index is -0.484. The van der Waals surface area contributed by atoms with Crippen molar-refractivity contribution >= 4 is 23.5 Å². The summed E-state index contributed by atoms with van der Waals surface area (Å²) < 4.78 is 5.27. The monoisotopic (exact) mass is 308 g/mol. The zero-order chi connectivity index (χ0) is 15.6. The molecule has 1 aromatic heterocycles. The van der Waals surface area contributed by atoms with Crippen LogP contribution in [0.25, 0.3) is 0 Å². The largest absolute Gasteiger partial charge is 0.444 e. The Labute approximate surface area is 128 Å². The molecule has 7 heteroatoms. The van der Waals surface area contributed by atoms with Crippen LogP contribution in [0.5, 0.6) is 0 Å². The van der Waals surface area contributed by atoms with Crippen LogP contribution in [0.4, 0.5) is 10.6 Å². The fourth-order valence-electron chi connectivity index (χ4n) is 1.70. The van der Waals surface area contributed by atoms with Crippen LogP contribution in [-0.4, -0.2) is 39.9 Å². The van der Waals surface area contributed by atoms with Gasteiger partial charge in [0.1, 0.15) is 5.60 Å². The Bertz CT molecular complexity index is 610. The van der Waals surface area contributed by atoms with Crippen LogP contribution in [0.1, 0.15) is 26.3 Å². The van der Waals surface area contributed by atoms with Crippen LogP contribution in [0.2, 0.25) is 5.15 Å². The zero-order valence-corrected chi connectivity index (χ0v) is 12.9. The third-order valence-electron chi connectivity index (χ3n) is 2.74. The van der Waals surface area contributed by atoms with Gasteiger partial charge in [-0.15, -0.1) is 10.2 Å². The Hall–Kier alpha value is -2.00. The first-order valence-electron chi connectivity index (χ1n) is 6.53. The highest BCUT2D eigenvalue weighted by Crippen LogP contribution is 2.19. The lowest BCUT2D eigenvalue weighted by Gasteiger charge is -2.37. The molecule has 21 heavy (non-hydrogen) atoms. The van der Waals surface area contributed by atoms with Crippen molar-refractivity contribution in [1.82, 2.24) is 15.1 Å². The topological polar surface area (TPSA) is 81.3 Å². The fraction of sp³-hybridized carbons (Fsp3) is 0.500. The summed E-state index contributed by atoms with van der Waals surface area (Å²) in [5.41, 5.74) is 5.72. The molecule has 0 atom stereocenters. The standard InChI is InChI=1S/C14H17ClN4O2/c1-14(2,3)21-13(20)19-7-9(8-19)4-5-10-6-11(15)17-18-12(10)16/h6,9H,7-8H2,1-3H3,(H2,16,18). The highest BCUT2D eigenvalue weighted by Gasteiger charge is 2.32. The van der Waals surface area contributed by atoms with E-state index >= 15 is 0 Å². The van der Waals surface area contributed by atoms with Crippen molar-refractivity contribution in [3.05, 3.63) is 16.8 Å². The Morgan fingerprint density at radius 2 is 2.14 bits per heavy atom. The lowest BCUT2D eigenvalue weighted by Crippen LogP contribution is -2.51. The number of nitrogens with two attached hydrogens (primary N) is 1. The van der Waals surface area contributed by atoms with Crippen LogP contribution in [-0.2, 0) is 4.74 Å². The van der Waals surface area contributed by atoms with Crippen molar-refractivity contribution in [2.45, 2.75) is 26.4 Å². The van der Waals surface area contributed by atoms with Gasteiger partial charge < -0.3 is 15.4 Å². The SMILES string of the molecule is CC(C)(C)OC(=O)N1CC(C#Cc2cc(Cl)nnc2N)C1. The maximum atomic E-state index is 11.8. The van der Waals surface area contributed by atoms with Crippen molar-refractivity contribution in [2.75, 3.05) is 18.8 Å². The minimum absolute atomic E-state index is 0.101. The summed E-state index contributed by atoms with van der Waals surface area (Å²) in [5, 5.41) is 7.56. The molecule has 1 fully saturated rings.